The number of ether oxygens (including phenoxy) is 1. The highest BCUT2D eigenvalue weighted by Gasteiger charge is 2.32. The lowest BCUT2D eigenvalue weighted by Crippen LogP contribution is -2.32. The third-order valence-corrected chi connectivity index (χ3v) is 6.50. The zero-order valence-electron chi connectivity index (χ0n) is 17.7. The number of rotatable bonds is 5. The smallest absolute Gasteiger partial charge is 0.147 e. The van der Waals surface area contributed by atoms with Gasteiger partial charge in [0, 0.05) is 23.9 Å². The third-order valence-electron chi connectivity index (χ3n) is 5.42. The molecule has 0 bridgehead atoms. The Kier molecular flexibility index (Phi) is 5.04. The summed E-state index contributed by atoms with van der Waals surface area (Å²) in [5.41, 5.74) is 4.64. The van der Waals surface area contributed by atoms with E-state index in [1.54, 1.807) is 17.7 Å². The first-order valence-electron chi connectivity index (χ1n) is 10.2. The van der Waals surface area contributed by atoms with E-state index in [9.17, 15) is 0 Å². The standard InChI is InChI=1S/C22H30N4OS/c1-12(2)7-8-23-20-19-18(24-11-25-20)16-14-9-22(5,6)27-10-15(14)17(13(3)4)26-21(16)28-19/h11-13H,7-10H2,1-6H3,(H,23,24,25). The number of pyridine rings is 1. The minimum Gasteiger partial charge on any atom is -0.370 e. The molecule has 3 aromatic rings. The average molecular weight is 399 g/mol. The molecule has 1 aliphatic rings. The van der Waals surface area contributed by atoms with Crippen molar-refractivity contribution in [3.05, 3.63) is 23.1 Å². The Labute approximate surface area is 170 Å². The fourth-order valence-corrected chi connectivity index (χ4v) is 5.05. The van der Waals surface area contributed by atoms with Crippen LogP contribution in [0.15, 0.2) is 6.33 Å². The molecule has 0 unspecified atom stereocenters. The number of nitrogens with zero attached hydrogens (tertiary/aromatic N) is 3. The fraction of sp³-hybridized carbons (Fsp3) is 0.591. The van der Waals surface area contributed by atoms with Crippen molar-refractivity contribution in [2.24, 2.45) is 5.92 Å². The molecular weight excluding hydrogens is 368 g/mol. The van der Waals surface area contributed by atoms with E-state index in [2.05, 4.69) is 56.8 Å². The van der Waals surface area contributed by atoms with Crippen molar-refractivity contribution >= 4 is 37.6 Å². The number of hydrogen-bond donors (Lipinski definition) is 1. The van der Waals surface area contributed by atoms with Gasteiger partial charge in [-0.15, -0.1) is 11.3 Å². The van der Waals surface area contributed by atoms with Gasteiger partial charge < -0.3 is 10.1 Å². The van der Waals surface area contributed by atoms with Gasteiger partial charge in [0.15, 0.2) is 0 Å². The van der Waals surface area contributed by atoms with E-state index in [1.807, 2.05) is 0 Å². The average Bonchev–Trinajstić information content (AvgIpc) is 2.99. The predicted octanol–water partition coefficient (Wildman–Crippen LogP) is 5.67. The van der Waals surface area contributed by atoms with Crippen LogP contribution in [0.25, 0.3) is 20.4 Å². The summed E-state index contributed by atoms with van der Waals surface area (Å²) in [6.45, 7) is 14.8. The Morgan fingerprint density at radius 2 is 1.96 bits per heavy atom. The van der Waals surface area contributed by atoms with E-state index in [1.165, 1.54) is 16.5 Å². The molecule has 0 spiro atoms. The number of hydrogen-bond acceptors (Lipinski definition) is 6. The fourth-order valence-electron chi connectivity index (χ4n) is 3.91. The second-order valence-electron chi connectivity index (χ2n) is 9.13. The number of fused-ring (bicyclic) bond motifs is 5. The van der Waals surface area contributed by atoms with Crippen LogP contribution < -0.4 is 5.32 Å². The Bertz CT molecular complexity index is 1020. The van der Waals surface area contributed by atoms with Crippen LogP contribution in [0.2, 0.25) is 0 Å². The lowest BCUT2D eigenvalue weighted by molar-refractivity contribution is -0.0402. The van der Waals surface area contributed by atoms with Gasteiger partial charge in [-0.2, -0.15) is 0 Å². The summed E-state index contributed by atoms with van der Waals surface area (Å²) < 4.78 is 7.25. The van der Waals surface area contributed by atoms with Crippen LogP contribution in [0.5, 0.6) is 0 Å². The molecule has 0 saturated carbocycles. The molecule has 6 heteroatoms. The zero-order valence-corrected chi connectivity index (χ0v) is 18.5. The van der Waals surface area contributed by atoms with Crippen LogP contribution in [0.3, 0.4) is 0 Å². The van der Waals surface area contributed by atoms with E-state index in [0.717, 1.165) is 45.9 Å². The van der Waals surface area contributed by atoms with Crippen LogP contribution in [0.4, 0.5) is 5.82 Å². The van der Waals surface area contributed by atoms with Gasteiger partial charge in [0.25, 0.3) is 0 Å². The molecule has 150 valence electrons. The summed E-state index contributed by atoms with van der Waals surface area (Å²) in [4.78, 5) is 15.4. The molecule has 1 N–H and O–H groups in total. The van der Waals surface area contributed by atoms with E-state index in [-0.39, 0.29) is 5.60 Å². The molecule has 1 aliphatic heterocycles. The second-order valence-corrected chi connectivity index (χ2v) is 10.1. The van der Waals surface area contributed by atoms with E-state index in [4.69, 9.17) is 9.72 Å². The number of anilines is 1. The molecule has 0 amide bonds. The SMILES string of the molecule is CC(C)CCNc1ncnc2c1sc1nc(C(C)C)c3c(c12)CC(C)(C)OC3. The minimum absolute atomic E-state index is 0.171. The van der Waals surface area contributed by atoms with Gasteiger partial charge in [0.05, 0.1) is 28.1 Å². The van der Waals surface area contributed by atoms with E-state index >= 15 is 0 Å². The molecule has 0 aliphatic carbocycles. The highest BCUT2D eigenvalue weighted by atomic mass is 32.1. The van der Waals surface area contributed by atoms with Crippen LogP contribution >= 0.6 is 11.3 Å². The highest BCUT2D eigenvalue weighted by Crippen LogP contribution is 2.43. The van der Waals surface area contributed by atoms with Gasteiger partial charge in [-0.05, 0) is 37.7 Å². The maximum absolute atomic E-state index is 6.14. The van der Waals surface area contributed by atoms with Crippen molar-refractivity contribution < 1.29 is 4.74 Å². The van der Waals surface area contributed by atoms with Crippen LogP contribution in [-0.2, 0) is 17.8 Å². The summed E-state index contributed by atoms with van der Waals surface area (Å²) >= 11 is 1.71. The topological polar surface area (TPSA) is 59.9 Å². The molecule has 0 atom stereocenters. The quantitative estimate of drug-likeness (QED) is 0.600. The van der Waals surface area contributed by atoms with E-state index < -0.39 is 0 Å². The summed E-state index contributed by atoms with van der Waals surface area (Å²) in [6.07, 6.45) is 3.68. The molecule has 4 rings (SSSR count). The largest absolute Gasteiger partial charge is 0.370 e. The normalized spacial score (nSPS) is 16.3. The molecule has 0 aromatic carbocycles. The number of thiophene rings is 1. The lowest BCUT2D eigenvalue weighted by Gasteiger charge is -2.33. The third kappa shape index (κ3) is 3.48. The molecule has 0 fully saturated rings. The summed E-state index contributed by atoms with van der Waals surface area (Å²) in [5, 5.41) is 4.72. The van der Waals surface area contributed by atoms with Crippen molar-refractivity contribution in [3.63, 3.8) is 0 Å². The Hall–Kier alpha value is -1.79. The van der Waals surface area contributed by atoms with Gasteiger partial charge in [-0.1, -0.05) is 27.7 Å². The number of aromatic nitrogens is 3. The Morgan fingerprint density at radius 3 is 2.68 bits per heavy atom. The van der Waals surface area contributed by atoms with E-state index in [0.29, 0.717) is 18.4 Å². The predicted molar refractivity (Wildman–Crippen MR) is 117 cm³/mol. The van der Waals surface area contributed by atoms with Crippen LogP contribution in [-0.4, -0.2) is 27.1 Å². The van der Waals surface area contributed by atoms with Gasteiger partial charge in [0.2, 0.25) is 0 Å². The molecule has 5 nitrogen and oxygen atoms in total. The van der Waals surface area contributed by atoms with Crippen LogP contribution in [0, 0.1) is 5.92 Å². The first-order chi connectivity index (χ1) is 13.3. The first kappa shape index (κ1) is 19.5. The van der Waals surface area contributed by atoms with Gasteiger partial charge in [0.1, 0.15) is 17.0 Å². The minimum atomic E-state index is -0.171. The van der Waals surface area contributed by atoms with Gasteiger partial charge >= 0.3 is 0 Å². The molecule has 28 heavy (non-hydrogen) atoms. The molecule has 0 saturated heterocycles. The summed E-state index contributed by atoms with van der Waals surface area (Å²) in [5.74, 6) is 1.96. The number of nitrogens with one attached hydrogen (secondary N) is 1. The van der Waals surface area contributed by atoms with Crippen molar-refractivity contribution in [3.8, 4) is 0 Å². The summed E-state index contributed by atoms with van der Waals surface area (Å²) in [6, 6.07) is 0. The summed E-state index contributed by atoms with van der Waals surface area (Å²) in [7, 11) is 0. The monoisotopic (exact) mass is 398 g/mol. The van der Waals surface area contributed by atoms with Gasteiger partial charge in [-0.3, -0.25) is 0 Å². The Morgan fingerprint density at radius 1 is 1.18 bits per heavy atom. The lowest BCUT2D eigenvalue weighted by atomic mass is 9.87. The molecule has 0 radical (unpaired) electrons. The maximum atomic E-state index is 6.14. The second kappa shape index (κ2) is 7.23. The highest BCUT2D eigenvalue weighted by molar-refractivity contribution is 7.26. The van der Waals surface area contributed by atoms with Crippen molar-refractivity contribution in [1.82, 2.24) is 15.0 Å². The van der Waals surface area contributed by atoms with Crippen molar-refractivity contribution in [1.29, 1.82) is 0 Å². The Balaban J connectivity index is 1.91. The van der Waals surface area contributed by atoms with Crippen molar-refractivity contribution in [2.45, 2.75) is 72.5 Å². The van der Waals surface area contributed by atoms with Crippen LogP contribution in [0.1, 0.15) is 70.7 Å². The zero-order chi connectivity index (χ0) is 20.1. The molecule has 4 heterocycles. The molecular formula is C22H30N4OS. The van der Waals surface area contributed by atoms with Gasteiger partial charge in [-0.25, -0.2) is 15.0 Å². The van der Waals surface area contributed by atoms with Crippen molar-refractivity contribution in [2.75, 3.05) is 11.9 Å². The first-order valence-corrected chi connectivity index (χ1v) is 11.0. The molecule has 3 aromatic heterocycles. The maximum Gasteiger partial charge on any atom is 0.147 e.